The molecule has 3 rings (SSSR count). The topological polar surface area (TPSA) is 17.8 Å². The van der Waals surface area contributed by atoms with Crippen molar-refractivity contribution in [2.45, 2.75) is 26.2 Å². The molecule has 0 aliphatic heterocycles. The van der Waals surface area contributed by atoms with Crippen molar-refractivity contribution in [3.8, 4) is 0 Å². The monoisotopic (exact) mass is 280 g/mol. The van der Waals surface area contributed by atoms with Crippen LogP contribution in [0.1, 0.15) is 5.56 Å². The maximum Gasteiger partial charge on any atom is 0.0775 e. The van der Waals surface area contributed by atoms with Gasteiger partial charge in [0.1, 0.15) is 0 Å². The first kappa shape index (κ1) is 13.1. The molecule has 0 aliphatic carbocycles. The molecule has 0 saturated carbocycles. The van der Waals surface area contributed by atoms with Gasteiger partial charge < -0.3 is 0 Å². The van der Waals surface area contributed by atoms with Gasteiger partial charge in [-0.15, -0.1) is 0 Å². The summed E-state index contributed by atoms with van der Waals surface area (Å²) >= 11 is 0. The Morgan fingerprint density at radius 1 is 0.950 bits per heavy atom. The molecule has 1 heterocycles. The van der Waals surface area contributed by atoms with Crippen LogP contribution in [0, 0.1) is 0 Å². The predicted octanol–water partition coefficient (Wildman–Crippen LogP) is 3.63. The summed E-state index contributed by atoms with van der Waals surface area (Å²) in [6, 6.07) is 17.4. The maximum absolute atomic E-state index is 4.49. The lowest BCUT2D eigenvalue weighted by Crippen LogP contribution is -2.37. The number of rotatable bonds is 3. The Kier molecular flexibility index (Phi) is 3.22. The number of fused-ring (bicyclic) bond motifs is 1. The summed E-state index contributed by atoms with van der Waals surface area (Å²) in [5.41, 5.74) is 2.50. The van der Waals surface area contributed by atoms with Crippen LogP contribution in [-0.4, -0.2) is 17.9 Å². The average Bonchev–Trinajstić information content (AvgIpc) is 2.82. The van der Waals surface area contributed by atoms with Crippen LogP contribution in [0.25, 0.3) is 10.9 Å². The van der Waals surface area contributed by atoms with Crippen molar-refractivity contribution in [3.05, 3.63) is 60.3 Å². The van der Waals surface area contributed by atoms with Gasteiger partial charge in [0, 0.05) is 5.39 Å². The Labute approximate surface area is 121 Å². The van der Waals surface area contributed by atoms with Crippen LogP contribution in [-0.2, 0) is 6.54 Å². The highest BCUT2D eigenvalue weighted by molar-refractivity contribution is 6.88. The van der Waals surface area contributed by atoms with E-state index >= 15 is 0 Å². The summed E-state index contributed by atoms with van der Waals surface area (Å²) < 4.78 is 2.07. The lowest BCUT2D eigenvalue weighted by Gasteiger charge is -2.16. The first-order valence-corrected chi connectivity index (χ1v) is 10.5. The molecule has 3 aromatic rings. The lowest BCUT2D eigenvalue weighted by atomic mass is 10.2. The summed E-state index contributed by atoms with van der Waals surface area (Å²) in [4.78, 5) is 0. The van der Waals surface area contributed by atoms with Crippen molar-refractivity contribution in [2.75, 3.05) is 0 Å². The molecule has 20 heavy (non-hydrogen) atoms. The summed E-state index contributed by atoms with van der Waals surface area (Å²) in [5.74, 6) is 0. The molecule has 0 aliphatic rings. The Balaban J connectivity index is 1.88. The van der Waals surface area contributed by atoms with E-state index in [4.69, 9.17) is 0 Å². The molecular weight excluding hydrogens is 260 g/mol. The number of nitrogens with zero attached hydrogens (tertiary/aromatic N) is 2. The average molecular weight is 280 g/mol. The second-order valence-corrected chi connectivity index (χ2v) is 11.4. The molecular formula is C17H20N2Si. The molecule has 0 radical (unpaired) electrons. The molecule has 0 saturated heterocycles. The number of benzene rings is 2. The molecule has 0 atom stereocenters. The third-order valence-electron chi connectivity index (χ3n) is 3.70. The van der Waals surface area contributed by atoms with Gasteiger partial charge in [-0.2, -0.15) is 5.10 Å². The van der Waals surface area contributed by atoms with Gasteiger partial charge in [0.05, 0.1) is 26.3 Å². The molecule has 0 N–H and O–H groups in total. The van der Waals surface area contributed by atoms with Crippen molar-refractivity contribution in [3.63, 3.8) is 0 Å². The zero-order chi connectivity index (χ0) is 14.2. The van der Waals surface area contributed by atoms with E-state index in [9.17, 15) is 0 Å². The SMILES string of the molecule is C[Si](C)(C)c1ccc(Cn2ncc3ccccc32)cc1. The third kappa shape index (κ3) is 2.54. The third-order valence-corrected chi connectivity index (χ3v) is 5.77. The fraction of sp³-hybridized carbons (Fsp3) is 0.235. The standard InChI is InChI=1S/C17H20N2Si/c1-20(2,3)16-10-8-14(9-11-16)13-19-17-7-5-4-6-15(17)12-18-19/h4-12H,13H2,1-3H3. The van der Waals surface area contributed by atoms with E-state index in [-0.39, 0.29) is 0 Å². The van der Waals surface area contributed by atoms with E-state index in [1.54, 1.807) is 0 Å². The van der Waals surface area contributed by atoms with E-state index in [0.29, 0.717) is 0 Å². The molecule has 0 bridgehead atoms. The molecule has 1 aromatic heterocycles. The minimum absolute atomic E-state index is 0.833. The first-order valence-electron chi connectivity index (χ1n) is 7.04. The summed E-state index contributed by atoms with van der Waals surface area (Å²) in [7, 11) is -1.20. The Bertz CT molecular complexity index is 721. The first-order chi connectivity index (χ1) is 9.54. The highest BCUT2D eigenvalue weighted by Crippen LogP contribution is 2.14. The highest BCUT2D eigenvalue weighted by atomic mass is 28.3. The molecule has 102 valence electrons. The van der Waals surface area contributed by atoms with E-state index in [1.165, 1.54) is 21.7 Å². The van der Waals surface area contributed by atoms with Crippen LogP contribution in [0.4, 0.5) is 0 Å². The van der Waals surface area contributed by atoms with Gasteiger partial charge in [-0.05, 0) is 11.6 Å². The van der Waals surface area contributed by atoms with Crippen LogP contribution in [0.3, 0.4) is 0 Å². The largest absolute Gasteiger partial charge is 0.260 e. The van der Waals surface area contributed by atoms with Crippen LogP contribution >= 0.6 is 0 Å². The Hall–Kier alpha value is -1.87. The summed E-state index contributed by atoms with van der Waals surface area (Å²) in [6.07, 6.45) is 1.94. The predicted molar refractivity (Wildman–Crippen MR) is 88.3 cm³/mol. The quantitative estimate of drug-likeness (QED) is 0.670. The van der Waals surface area contributed by atoms with Gasteiger partial charge >= 0.3 is 0 Å². The van der Waals surface area contributed by atoms with E-state index in [0.717, 1.165) is 6.54 Å². The molecule has 2 aromatic carbocycles. The smallest absolute Gasteiger partial charge is 0.0775 e. The van der Waals surface area contributed by atoms with Gasteiger partial charge in [0.25, 0.3) is 0 Å². The fourth-order valence-electron chi connectivity index (χ4n) is 2.43. The number of aromatic nitrogens is 2. The van der Waals surface area contributed by atoms with Crippen LogP contribution in [0.5, 0.6) is 0 Å². The summed E-state index contributed by atoms with van der Waals surface area (Å²) in [5, 5.41) is 7.19. The van der Waals surface area contributed by atoms with E-state index in [1.807, 2.05) is 6.20 Å². The van der Waals surface area contributed by atoms with Crippen molar-refractivity contribution < 1.29 is 0 Å². The van der Waals surface area contributed by atoms with Crippen LogP contribution < -0.4 is 5.19 Å². The van der Waals surface area contributed by atoms with Crippen molar-refractivity contribution in [1.29, 1.82) is 0 Å². The molecule has 2 nitrogen and oxygen atoms in total. The zero-order valence-corrected chi connectivity index (χ0v) is 13.3. The van der Waals surface area contributed by atoms with Gasteiger partial charge in [0.15, 0.2) is 0 Å². The van der Waals surface area contributed by atoms with Crippen molar-refractivity contribution in [1.82, 2.24) is 9.78 Å². The van der Waals surface area contributed by atoms with Crippen LogP contribution in [0.2, 0.25) is 19.6 Å². The van der Waals surface area contributed by atoms with Gasteiger partial charge in [-0.3, -0.25) is 4.68 Å². The zero-order valence-electron chi connectivity index (χ0n) is 12.3. The molecule has 3 heteroatoms. The van der Waals surface area contributed by atoms with E-state index in [2.05, 4.69) is 78.0 Å². The maximum atomic E-state index is 4.49. The molecule has 0 fully saturated rings. The van der Waals surface area contributed by atoms with Gasteiger partial charge in [0.2, 0.25) is 0 Å². The summed E-state index contributed by atoms with van der Waals surface area (Å²) in [6.45, 7) is 7.97. The lowest BCUT2D eigenvalue weighted by molar-refractivity contribution is 0.712. The number of hydrogen-bond acceptors (Lipinski definition) is 1. The van der Waals surface area contributed by atoms with Crippen molar-refractivity contribution in [2.24, 2.45) is 0 Å². The Morgan fingerprint density at radius 2 is 1.65 bits per heavy atom. The van der Waals surface area contributed by atoms with Crippen LogP contribution in [0.15, 0.2) is 54.7 Å². The molecule has 0 spiro atoms. The highest BCUT2D eigenvalue weighted by Gasteiger charge is 2.15. The fourth-order valence-corrected chi connectivity index (χ4v) is 3.60. The molecule has 0 amide bonds. The van der Waals surface area contributed by atoms with Gasteiger partial charge in [-0.25, -0.2) is 0 Å². The number of para-hydroxylation sites is 1. The number of hydrogen-bond donors (Lipinski definition) is 0. The minimum atomic E-state index is -1.20. The molecule has 0 unspecified atom stereocenters. The van der Waals surface area contributed by atoms with E-state index < -0.39 is 8.07 Å². The minimum Gasteiger partial charge on any atom is -0.260 e. The second-order valence-electron chi connectivity index (χ2n) is 6.31. The second kappa shape index (κ2) is 4.91. The Morgan fingerprint density at radius 3 is 2.35 bits per heavy atom. The normalized spacial score (nSPS) is 11.9. The van der Waals surface area contributed by atoms with Crippen molar-refractivity contribution >= 4 is 24.2 Å². The van der Waals surface area contributed by atoms with Gasteiger partial charge in [-0.1, -0.05) is 67.3 Å².